The number of hydrogen-bond acceptors (Lipinski definition) is 3. The molecule has 1 N–H and O–H groups in total. The van der Waals surface area contributed by atoms with E-state index in [1.165, 1.54) is 11.1 Å². The molecule has 0 spiro atoms. The van der Waals surface area contributed by atoms with Crippen molar-refractivity contribution in [1.29, 1.82) is 0 Å². The van der Waals surface area contributed by atoms with E-state index < -0.39 is 0 Å². The number of hydrogen-bond donors (Lipinski definition) is 1. The fourth-order valence-electron chi connectivity index (χ4n) is 3.02. The third kappa shape index (κ3) is 4.44. The van der Waals surface area contributed by atoms with E-state index in [0.717, 1.165) is 29.9 Å². The minimum Gasteiger partial charge on any atom is -0.508 e. The van der Waals surface area contributed by atoms with Crippen molar-refractivity contribution >= 4 is 0 Å². The van der Waals surface area contributed by atoms with Gasteiger partial charge in [-0.3, -0.25) is 0 Å². The smallest absolute Gasteiger partial charge is 0.125 e. The highest BCUT2D eigenvalue weighted by Crippen LogP contribution is 2.30. The van der Waals surface area contributed by atoms with Gasteiger partial charge in [0.25, 0.3) is 0 Å². The first-order chi connectivity index (χ1) is 11.4. The summed E-state index contributed by atoms with van der Waals surface area (Å²) in [5.41, 5.74) is 3.59. The zero-order valence-corrected chi connectivity index (χ0v) is 15.3. The summed E-state index contributed by atoms with van der Waals surface area (Å²) in [6.45, 7) is 6.62. The molecule has 0 heterocycles. The van der Waals surface area contributed by atoms with Crippen LogP contribution in [-0.4, -0.2) is 19.3 Å². The molecule has 2 atom stereocenters. The van der Waals surface area contributed by atoms with Gasteiger partial charge in [0.2, 0.25) is 0 Å². The van der Waals surface area contributed by atoms with Crippen molar-refractivity contribution in [2.75, 3.05) is 14.2 Å². The molecule has 0 aliphatic rings. The molecule has 0 saturated carbocycles. The van der Waals surface area contributed by atoms with E-state index in [1.54, 1.807) is 26.4 Å². The molecule has 0 aromatic heterocycles. The first kappa shape index (κ1) is 18.2. The largest absolute Gasteiger partial charge is 0.508 e. The Bertz CT molecular complexity index is 619. The number of rotatable bonds is 7. The highest BCUT2D eigenvalue weighted by molar-refractivity contribution is 5.40. The van der Waals surface area contributed by atoms with Crippen LogP contribution in [0.25, 0.3) is 0 Å². The Labute approximate surface area is 145 Å². The fourth-order valence-corrected chi connectivity index (χ4v) is 3.02. The van der Waals surface area contributed by atoms with Crippen LogP contribution in [0.2, 0.25) is 0 Å². The van der Waals surface area contributed by atoms with Crippen LogP contribution in [0.15, 0.2) is 36.4 Å². The summed E-state index contributed by atoms with van der Waals surface area (Å²) in [6, 6.07) is 11.7. The molecule has 0 radical (unpaired) electrons. The summed E-state index contributed by atoms with van der Waals surface area (Å²) >= 11 is 0. The summed E-state index contributed by atoms with van der Waals surface area (Å²) in [4.78, 5) is 0. The molecule has 0 bridgehead atoms. The predicted octanol–water partition coefficient (Wildman–Crippen LogP) is 4.78. The van der Waals surface area contributed by atoms with Gasteiger partial charge in [0, 0.05) is 6.07 Å². The molecule has 24 heavy (non-hydrogen) atoms. The van der Waals surface area contributed by atoms with Crippen molar-refractivity contribution in [3.8, 4) is 17.2 Å². The Morgan fingerprint density at radius 2 is 1.33 bits per heavy atom. The van der Waals surface area contributed by atoms with Crippen LogP contribution in [0, 0.1) is 18.8 Å². The second-order valence-corrected chi connectivity index (χ2v) is 6.67. The molecule has 2 aromatic carbocycles. The van der Waals surface area contributed by atoms with Crippen molar-refractivity contribution in [1.82, 2.24) is 0 Å². The first-order valence-electron chi connectivity index (χ1n) is 8.44. The molecule has 2 aromatic rings. The van der Waals surface area contributed by atoms with Gasteiger partial charge >= 0.3 is 0 Å². The number of phenolic OH excluding ortho intramolecular Hbond substituents is 1. The molecule has 3 heteroatoms. The summed E-state index contributed by atoms with van der Waals surface area (Å²) in [5, 5.41) is 9.59. The van der Waals surface area contributed by atoms with Gasteiger partial charge < -0.3 is 14.6 Å². The van der Waals surface area contributed by atoms with Crippen LogP contribution < -0.4 is 9.47 Å². The highest BCUT2D eigenvalue weighted by atomic mass is 16.5. The lowest BCUT2D eigenvalue weighted by Gasteiger charge is -2.22. The van der Waals surface area contributed by atoms with Gasteiger partial charge in [0.05, 0.1) is 14.2 Å². The topological polar surface area (TPSA) is 38.7 Å². The van der Waals surface area contributed by atoms with Crippen LogP contribution in [-0.2, 0) is 12.8 Å². The molecular formula is C21H28O3. The van der Waals surface area contributed by atoms with Crippen LogP contribution in [0.4, 0.5) is 0 Å². The lowest BCUT2D eigenvalue weighted by Crippen LogP contribution is -2.14. The summed E-state index contributed by atoms with van der Waals surface area (Å²) < 4.78 is 10.9. The summed E-state index contributed by atoms with van der Waals surface area (Å²) in [5.74, 6) is 2.94. The molecule has 0 aliphatic carbocycles. The van der Waals surface area contributed by atoms with Gasteiger partial charge in [-0.15, -0.1) is 0 Å². The van der Waals surface area contributed by atoms with Gasteiger partial charge in [-0.1, -0.05) is 32.0 Å². The minimum absolute atomic E-state index is 0.237. The molecule has 0 amide bonds. The maximum atomic E-state index is 9.59. The van der Waals surface area contributed by atoms with Gasteiger partial charge in [0.15, 0.2) is 0 Å². The Balaban J connectivity index is 2.09. The average molecular weight is 328 g/mol. The maximum Gasteiger partial charge on any atom is 0.125 e. The third-order valence-electron chi connectivity index (χ3n) is 4.77. The fraction of sp³-hybridized carbons (Fsp3) is 0.429. The zero-order chi connectivity index (χ0) is 17.7. The van der Waals surface area contributed by atoms with Crippen molar-refractivity contribution in [3.63, 3.8) is 0 Å². The van der Waals surface area contributed by atoms with E-state index in [2.05, 4.69) is 39.0 Å². The predicted molar refractivity (Wildman–Crippen MR) is 98.1 cm³/mol. The number of methoxy groups -OCH3 is 2. The van der Waals surface area contributed by atoms with Gasteiger partial charge in [0.1, 0.15) is 17.2 Å². The Morgan fingerprint density at radius 3 is 1.88 bits per heavy atom. The van der Waals surface area contributed by atoms with Crippen molar-refractivity contribution in [2.24, 2.45) is 11.8 Å². The highest BCUT2D eigenvalue weighted by Gasteiger charge is 2.17. The average Bonchev–Trinajstić information content (AvgIpc) is 2.57. The quantitative estimate of drug-likeness (QED) is 0.795. The van der Waals surface area contributed by atoms with Crippen LogP contribution in [0.1, 0.15) is 30.5 Å². The standard InChI is InChI=1S/C21H28O3/c1-14-6-7-17(20(10-14)23-4)11-15(2)16(3)12-18-8-9-19(22)13-21(18)24-5/h6-10,13,15-16,22H,11-12H2,1-5H3/t15-,16+/m0/s1. The van der Waals surface area contributed by atoms with Crippen molar-refractivity contribution < 1.29 is 14.6 Å². The van der Waals surface area contributed by atoms with Crippen LogP contribution in [0.5, 0.6) is 17.2 Å². The number of aromatic hydroxyl groups is 1. The van der Waals surface area contributed by atoms with E-state index >= 15 is 0 Å². The second-order valence-electron chi connectivity index (χ2n) is 6.67. The molecule has 0 aliphatic heterocycles. The van der Waals surface area contributed by atoms with Crippen LogP contribution in [0.3, 0.4) is 0 Å². The monoisotopic (exact) mass is 328 g/mol. The first-order valence-corrected chi connectivity index (χ1v) is 8.44. The van der Waals surface area contributed by atoms with Crippen LogP contribution >= 0.6 is 0 Å². The van der Waals surface area contributed by atoms with Gasteiger partial charge in [-0.2, -0.15) is 0 Å². The molecule has 0 unspecified atom stereocenters. The van der Waals surface area contributed by atoms with Crippen molar-refractivity contribution in [3.05, 3.63) is 53.1 Å². The lowest BCUT2D eigenvalue weighted by molar-refractivity contribution is 0.358. The lowest BCUT2D eigenvalue weighted by atomic mass is 9.85. The van der Waals surface area contributed by atoms with E-state index in [9.17, 15) is 5.11 Å². The molecular weight excluding hydrogens is 300 g/mol. The second kappa shape index (κ2) is 8.09. The Kier molecular flexibility index (Phi) is 6.13. The number of phenols is 1. The SMILES string of the molecule is COc1cc(O)ccc1C[C@@H](C)[C@@H](C)Cc1ccc(C)cc1OC. The number of ether oxygens (including phenoxy) is 2. The molecule has 0 saturated heterocycles. The van der Waals surface area contributed by atoms with Gasteiger partial charge in [-0.25, -0.2) is 0 Å². The number of aryl methyl sites for hydroxylation is 1. The third-order valence-corrected chi connectivity index (χ3v) is 4.77. The molecule has 3 nitrogen and oxygen atoms in total. The maximum absolute atomic E-state index is 9.59. The zero-order valence-electron chi connectivity index (χ0n) is 15.3. The minimum atomic E-state index is 0.237. The van der Waals surface area contributed by atoms with E-state index in [0.29, 0.717) is 11.8 Å². The Morgan fingerprint density at radius 1 is 0.833 bits per heavy atom. The van der Waals surface area contributed by atoms with Gasteiger partial charge in [-0.05, 0) is 60.4 Å². The molecule has 0 fully saturated rings. The summed E-state index contributed by atoms with van der Waals surface area (Å²) in [7, 11) is 3.37. The molecule has 130 valence electrons. The van der Waals surface area contributed by atoms with E-state index in [1.807, 2.05) is 6.07 Å². The number of benzene rings is 2. The Hall–Kier alpha value is -2.16. The van der Waals surface area contributed by atoms with Crippen molar-refractivity contribution in [2.45, 2.75) is 33.6 Å². The normalized spacial score (nSPS) is 13.4. The van der Waals surface area contributed by atoms with E-state index in [-0.39, 0.29) is 5.75 Å². The summed E-state index contributed by atoms with van der Waals surface area (Å²) in [6.07, 6.45) is 1.89. The molecule has 2 rings (SSSR count). The van der Waals surface area contributed by atoms with E-state index in [4.69, 9.17) is 9.47 Å².